The number of hydrazone groups is 1. The number of H-pyrrole nitrogens is 1. The Morgan fingerprint density at radius 2 is 1.79 bits per heavy atom. The lowest BCUT2D eigenvalue weighted by Crippen LogP contribution is -2.66. The molecule has 0 aliphatic carbocycles. The fourth-order valence-corrected chi connectivity index (χ4v) is 4.64. The number of hydrogen-bond donors (Lipinski definition) is 1. The summed E-state index contributed by atoms with van der Waals surface area (Å²) >= 11 is 0. The van der Waals surface area contributed by atoms with Crippen LogP contribution in [-0.2, 0) is 21.5 Å². The van der Waals surface area contributed by atoms with Crippen LogP contribution < -0.4 is 0 Å². The van der Waals surface area contributed by atoms with Crippen molar-refractivity contribution < 1.29 is 9.59 Å². The van der Waals surface area contributed by atoms with E-state index in [-0.39, 0.29) is 18.4 Å². The first kappa shape index (κ1) is 17.7. The SMILES string of the molecule is CC1(C)c2[nH]c3ccccc3c2C[C@H]2C(=O)N(N=Cc3ccccc3)CC(=O)N21. The van der Waals surface area contributed by atoms with Crippen LogP contribution >= 0.6 is 0 Å². The molecule has 6 heteroatoms. The summed E-state index contributed by atoms with van der Waals surface area (Å²) in [5.74, 6) is -0.227. The zero-order valence-corrected chi connectivity index (χ0v) is 16.4. The summed E-state index contributed by atoms with van der Waals surface area (Å²) in [5.41, 5.74) is 3.45. The number of rotatable bonds is 2. The second kappa shape index (κ2) is 6.30. The largest absolute Gasteiger partial charge is 0.356 e. The standard InChI is InChI=1S/C23H22N4O2/c1-23(2)21-17(16-10-6-7-11-18(16)25-21)12-19-22(29)26(14-20(28)27(19)23)24-13-15-8-4-3-5-9-15/h3-11,13,19,25H,12,14H2,1-2H3/t19-/m0/s1. The molecule has 146 valence electrons. The molecule has 1 atom stereocenters. The van der Waals surface area contributed by atoms with Gasteiger partial charge in [-0.05, 0) is 31.0 Å². The zero-order chi connectivity index (χ0) is 20.2. The van der Waals surface area contributed by atoms with Gasteiger partial charge in [-0.2, -0.15) is 5.10 Å². The first-order valence-electron chi connectivity index (χ1n) is 9.79. The lowest BCUT2D eigenvalue weighted by Gasteiger charge is -2.50. The van der Waals surface area contributed by atoms with Crippen LogP contribution in [0.1, 0.15) is 30.7 Å². The molecule has 29 heavy (non-hydrogen) atoms. The van der Waals surface area contributed by atoms with Gasteiger partial charge in [-0.25, -0.2) is 5.01 Å². The first-order valence-corrected chi connectivity index (χ1v) is 9.79. The molecule has 1 fully saturated rings. The Kier molecular flexibility index (Phi) is 3.84. The summed E-state index contributed by atoms with van der Waals surface area (Å²) in [6.45, 7) is 3.96. The number of benzene rings is 2. The van der Waals surface area contributed by atoms with Crippen molar-refractivity contribution in [2.24, 2.45) is 5.10 Å². The van der Waals surface area contributed by atoms with Gasteiger partial charge in [0.2, 0.25) is 5.91 Å². The van der Waals surface area contributed by atoms with E-state index in [9.17, 15) is 9.59 Å². The number of amides is 2. The number of piperazine rings is 1. The van der Waals surface area contributed by atoms with Gasteiger partial charge >= 0.3 is 0 Å². The summed E-state index contributed by atoms with van der Waals surface area (Å²) < 4.78 is 0. The minimum atomic E-state index is -0.598. The molecule has 2 amide bonds. The number of para-hydroxylation sites is 1. The predicted octanol–water partition coefficient (Wildman–Crippen LogP) is 3.03. The summed E-state index contributed by atoms with van der Waals surface area (Å²) in [7, 11) is 0. The molecule has 1 N–H and O–H groups in total. The van der Waals surface area contributed by atoms with Crippen molar-refractivity contribution >= 4 is 28.9 Å². The molecule has 0 radical (unpaired) electrons. The van der Waals surface area contributed by atoms with Gasteiger partial charge in [0.05, 0.1) is 11.8 Å². The summed E-state index contributed by atoms with van der Waals surface area (Å²) in [6.07, 6.45) is 2.12. The molecule has 1 aromatic heterocycles. The third-order valence-corrected chi connectivity index (χ3v) is 5.98. The maximum Gasteiger partial charge on any atom is 0.266 e. The van der Waals surface area contributed by atoms with E-state index in [1.54, 1.807) is 11.1 Å². The highest BCUT2D eigenvalue weighted by Gasteiger charge is 2.51. The predicted molar refractivity (Wildman–Crippen MR) is 111 cm³/mol. The average molecular weight is 386 g/mol. The Balaban J connectivity index is 1.54. The van der Waals surface area contributed by atoms with E-state index >= 15 is 0 Å². The van der Waals surface area contributed by atoms with Crippen LogP contribution in [0.15, 0.2) is 59.7 Å². The van der Waals surface area contributed by atoms with E-state index in [1.807, 2.05) is 62.4 Å². The molecule has 2 aliphatic heterocycles. The lowest BCUT2D eigenvalue weighted by atomic mass is 9.82. The van der Waals surface area contributed by atoms with E-state index in [2.05, 4.69) is 16.2 Å². The Hall–Kier alpha value is -3.41. The molecule has 2 aliphatic rings. The first-order chi connectivity index (χ1) is 14.0. The Labute approximate surface area is 168 Å². The average Bonchev–Trinajstić information content (AvgIpc) is 3.10. The van der Waals surface area contributed by atoms with Gasteiger partial charge < -0.3 is 9.88 Å². The molecule has 6 nitrogen and oxygen atoms in total. The monoisotopic (exact) mass is 386 g/mol. The van der Waals surface area contributed by atoms with Gasteiger partial charge in [0.15, 0.2) is 0 Å². The van der Waals surface area contributed by atoms with E-state index in [0.29, 0.717) is 6.42 Å². The molecular formula is C23H22N4O2. The van der Waals surface area contributed by atoms with Gasteiger partial charge in [-0.15, -0.1) is 0 Å². The maximum absolute atomic E-state index is 13.3. The van der Waals surface area contributed by atoms with Crippen LogP contribution in [0.4, 0.5) is 0 Å². The van der Waals surface area contributed by atoms with Gasteiger partial charge in [0.1, 0.15) is 12.6 Å². The molecule has 0 saturated carbocycles. The third-order valence-electron chi connectivity index (χ3n) is 5.98. The van der Waals surface area contributed by atoms with Gasteiger partial charge in [0, 0.05) is 23.0 Å². The van der Waals surface area contributed by atoms with Crippen LogP contribution in [0.3, 0.4) is 0 Å². The second-order valence-corrected chi connectivity index (χ2v) is 8.12. The zero-order valence-electron chi connectivity index (χ0n) is 16.4. The van der Waals surface area contributed by atoms with Crippen molar-refractivity contribution in [3.63, 3.8) is 0 Å². The molecule has 0 bridgehead atoms. The van der Waals surface area contributed by atoms with Crippen molar-refractivity contribution in [1.82, 2.24) is 14.9 Å². The van der Waals surface area contributed by atoms with Gasteiger partial charge in [-0.3, -0.25) is 9.59 Å². The highest BCUT2D eigenvalue weighted by molar-refractivity contribution is 5.98. The number of aromatic amines is 1. The Morgan fingerprint density at radius 1 is 1.07 bits per heavy atom. The molecule has 1 saturated heterocycles. The number of hydrogen-bond acceptors (Lipinski definition) is 3. The molecule has 2 aromatic carbocycles. The fourth-order valence-electron chi connectivity index (χ4n) is 4.64. The van der Waals surface area contributed by atoms with E-state index in [4.69, 9.17) is 0 Å². The third kappa shape index (κ3) is 2.67. The van der Waals surface area contributed by atoms with Crippen LogP contribution in [0, 0.1) is 0 Å². The van der Waals surface area contributed by atoms with Crippen molar-refractivity contribution in [2.45, 2.75) is 31.8 Å². The van der Waals surface area contributed by atoms with E-state index in [1.165, 1.54) is 5.01 Å². The van der Waals surface area contributed by atoms with Crippen LogP contribution in [0.2, 0.25) is 0 Å². The lowest BCUT2D eigenvalue weighted by molar-refractivity contribution is -0.163. The van der Waals surface area contributed by atoms with Gasteiger partial charge in [0.25, 0.3) is 5.91 Å². The number of nitrogens with one attached hydrogen (secondary N) is 1. The highest BCUT2D eigenvalue weighted by Crippen LogP contribution is 2.42. The van der Waals surface area contributed by atoms with E-state index in [0.717, 1.165) is 27.7 Å². The number of carbonyl (C=O) groups is 2. The normalized spacial score (nSPS) is 21.0. The Morgan fingerprint density at radius 3 is 2.59 bits per heavy atom. The van der Waals surface area contributed by atoms with Gasteiger partial charge in [-0.1, -0.05) is 48.5 Å². The summed E-state index contributed by atoms with van der Waals surface area (Å²) in [6, 6.07) is 17.1. The van der Waals surface area contributed by atoms with Crippen LogP contribution in [0.5, 0.6) is 0 Å². The topological polar surface area (TPSA) is 68.8 Å². The second-order valence-electron chi connectivity index (χ2n) is 8.12. The number of fused-ring (bicyclic) bond motifs is 4. The number of nitrogens with zero attached hydrogens (tertiary/aromatic N) is 3. The Bertz CT molecular complexity index is 1150. The number of aromatic nitrogens is 1. The molecule has 3 aromatic rings. The number of carbonyl (C=O) groups excluding carboxylic acids is 2. The molecule has 0 unspecified atom stereocenters. The highest BCUT2D eigenvalue weighted by atomic mass is 16.2. The maximum atomic E-state index is 13.3. The van der Waals surface area contributed by atoms with E-state index < -0.39 is 11.6 Å². The molecule has 5 rings (SSSR count). The van der Waals surface area contributed by atoms with Crippen molar-refractivity contribution in [2.75, 3.05) is 6.54 Å². The minimum Gasteiger partial charge on any atom is -0.356 e. The summed E-state index contributed by atoms with van der Waals surface area (Å²) in [5, 5.41) is 6.76. The van der Waals surface area contributed by atoms with Crippen LogP contribution in [-0.4, -0.2) is 45.5 Å². The van der Waals surface area contributed by atoms with Crippen LogP contribution in [0.25, 0.3) is 10.9 Å². The van der Waals surface area contributed by atoms with Crippen molar-refractivity contribution in [1.29, 1.82) is 0 Å². The summed E-state index contributed by atoms with van der Waals surface area (Å²) in [4.78, 5) is 31.6. The quantitative estimate of drug-likeness (QED) is 0.688. The van der Waals surface area contributed by atoms with Crippen molar-refractivity contribution in [3.8, 4) is 0 Å². The minimum absolute atomic E-state index is 0.0440. The molecule has 3 heterocycles. The smallest absolute Gasteiger partial charge is 0.266 e. The molecule has 0 spiro atoms. The molecular weight excluding hydrogens is 364 g/mol. The van der Waals surface area contributed by atoms with Crippen molar-refractivity contribution in [3.05, 3.63) is 71.4 Å². The fraction of sp³-hybridized carbons (Fsp3) is 0.261.